The van der Waals surface area contributed by atoms with Gasteiger partial charge in [-0.05, 0) is 47.7 Å². The average molecular weight is 331 g/mol. The van der Waals surface area contributed by atoms with Crippen LogP contribution in [0.5, 0.6) is 0 Å². The minimum Gasteiger partial charge on any atom is -0.346 e. The van der Waals surface area contributed by atoms with Crippen LogP contribution in [-0.2, 0) is 17.4 Å². The van der Waals surface area contributed by atoms with Gasteiger partial charge < -0.3 is 5.32 Å². The van der Waals surface area contributed by atoms with Crippen molar-refractivity contribution >= 4 is 12.0 Å². The highest BCUT2D eigenvalue weighted by molar-refractivity contribution is 5.92. The van der Waals surface area contributed by atoms with E-state index < -0.39 is 11.7 Å². The van der Waals surface area contributed by atoms with Crippen molar-refractivity contribution in [1.29, 1.82) is 0 Å². The van der Waals surface area contributed by atoms with E-state index >= 15 is 0 Å². The SMILES string of the molecule is O=C(/C=C/c1ccc(C(F)(F)F)cc1)NC1CCc2ccccc21. The molecule has 0 aliphatic heterocycles. The van der Waals surface area contributed by atoms with E-state index in [0.717, 1.165) is 30.5 Å². The monoisotopic (exact) mass is 331 g/mol. The Bertz CT molecular complexity index is 763. The van der Waals surface area contributed by atoms with E-state index in [1.54, 1.807) is 0 Å². The van der Waals surface area contributed by atoms with E-state index in [0.29, 0.717) is 5.56 Å². The molecule has 5 heteroatoms. The summed E-state index contributed by atoms with van der Waals surface area (Å²) in [5.74, 6) is -0.253. The molecule has 0 aromatic heterocycles. The molecule has 1 atom stereocenters. The number of alkyl halides is 3. The first kappa shape index (κ1) is 16.3. The lowest BCUT2D eigenvalue weighted by Crippen LogP contribution is -2.25. The Kier molecular flexibility index (Phi) is 4.42. The van der Waals surface area contributed by atoms with Gasteiger partial charge in [-0.1, -0.05) is 36.4 Å². The Hall–Kier alpha value is -2.56. The minimum absolute atomic E-state index is 0.00837. The molecule has 0 radical (unpaired) electrons. The third-order valence-electron chi connectivity index (χ3n) is 4.11. The molecule has 3 rings (SSSR count). The van der Waals surface area contributed by atoms with E-state index in [2.05, 4.69) is 11.4 Å². The second kappa shape index (κ2) is 6.51. The van der Waals surface area contributed by atoms with Gasteiger partial charge in [0.05, 0.1) is 11.6 Å². The van der Waals surface area contributed by atoms with Crippen LogP contribution in [0.3, 0.4) is 0 Å². The number of carbonyl (C=O) groups excluding carboxylic acids is 1. The summed E-state index contributed by atoms with van der Waals surface area (Å²) in [5.41, 5.74) is 2.22. The second-order valence-electron chi connectivity index (χ2n) is 5.75. The fourth-order valence-electron chi connectivity index (χ4n) is 2.88. The molecular weight excluding hydrogens is 315 g/mol. The van der Waals surface area contributed by atoms with Gasteiger partial charge in [0.2, 0.25) is 5.91 Å². The number of fused-ring (bicyclic) bond motifs is 1. The van der Waals surface area contributed by atoms with Gasteiger partial charge >= 0.3 is 6.18 Å². The minimum atomic E-state index is -4.35. The van der Waals surface area contributed by atoms with Crippen molar-refractivity contribution in [2.24, 2.45) is 0 Å². The van der Waals surface area contributed by atoms with Crippen LogP contribution in [0.25, 0.3) is 6.08 Å². The maximum absolute atomic E-state index is 12.5. The van der Waals surface area contributed by atoms with Gasteiger partial charge in [0.15, 0.2) is 0 Å². The molecule has 1 unspecified atom stereocenters. The molecule has 0 bridgehead atoms. The van der Waals surface area contributed by atoms with Crippen LogP contribution in [0.2, 0.25) is 0 Å². The zero-order valence-corrected chi connectivity index (χ0v) is 12.8. The molecule has 0 heterocycles. The van der Waals surface area contributed by atoms with Gasteiger partial charge in [0.1, 0.15) is 0 Å². The van der Waals surface area contributed by atoms with Crippen LogP contribution in [0.4, 0.5) is 13.2 Å². The van der Waals surface area contributed by atoms with Gasteiger partial charge in [-0.2, -0.15) is 13.2 Å². The maximum Gasteiger partial charge on any atom is 0.416 e. The van der Waals surface area contributed by atoms with Crippen LogP contribution in [-0.4, -0.2) is 5.91 Å². The lowest BCUT2D eigenvalue weighted by Gasteiger charge is -2.12. The molecule has 0 saturated heterocycles. The molecule has 0 fully saturated rings. The Morgan fingerprint density at radius 3 is 2.50 bits per heavy atom. The molecule has 2 nitrogen and oxygen atoms in total. The summed E-state index contributed by atoms with van der Waals surface area (Å²) < 4.78 is 37.5. The third-order valence-corrected chi connectivity index (χ3v) is 4.11. The van der Waals surface area contributed by atoms with Crippen LogP contribution in [0.15, 0.2) is 54.6 Å². The van der Waals surface area contributed by atoms with Crippen LogP contribution in [0, 0.1) is 0 Å². The summed E-state index contributed by atoms with van der Waals surface area (Å²) in [7, 11) is 0. The summed E-state index contributed by atoms with van der Waals surface area (Å²) in [6.07, 6.45) is 0.304. The second-order valence-corrected chi connectivity index (χ2v) is 5.75. The van der Waals surface area contributed by atoms with Crippen molar-refractivity contribution < 1.29 is 18.0 Å². The number of amides is 1. The molecule has 2 aromatic rings. The van der Waals surface area contributed by atoms with Crippen molar-refractivity contribution in [3.05, 3.63) is 76.9 Å². The van der Waals surface area contributed by atoms with Gasteiger partial charge in [-0.15, -0.1) is 0 Å². The lowest BCUT2D eigenvalue weighted by atomic mass is 10.1. The fraction of sp³-hybridized carbons (Fsp3) is 0.211. The van der Waals surface area contributed by atoms with Gasteiger partial charge in [0.25, 0.3) is 0 Å². The third kappa shape index (κ3) is 3.67. The average Bonchev–Trinajstić information content (AvgIpc) is 2.96. The fourth-order valence-corrected chi connectivity index (χ4v) is 2.88. The number of nitrogens with one attached hydrogen (secondary N) is 1. The molecule has 0 saturated carbocycles. The highest BCUT2D eigenvalue weighted by Crippen LogP contribution is 2.31. The summed E-state index contributed by atoms with van der Waals surface area (Å²) in [6, 6.07) is 12.7. The first-order valence-electron chi connectivity index (χ1n) is 7.67. The number of halogens is 3. The molecule has 1 aliphatic carbocycles. The molecule has 2 aromatic carbocycles. The van der Waals surface area contributed by atoms with Crippen LogP contribution < -0.4 is 5.32 Å². The first-order chi connectivity index (χ1) is 11.4. The maximum atomic E-state index is 12.5. The quantitative estimate of drug-likeness (QED) is 0.823. The van der Waals surface area contributed by atoms with Crippen molar-refractivity contribution in [3.8, 4) is 0 Å². The molecule has 1 amide bonds. The summed E-state index contributed by atoms with van der Waals surface area (Å²) in [5, 5.41) is 2.94. The number of aryl methyl sites for hydroxylation is 1. The Labute approximate surface area is 138 Å². The number of hydrogen-bond acceptors (Lipinski definition) is 1. The zero-order chi connectivity index (χ0) is 17.2. The zero-order valence-electron chi connectivity index (χ0n) is 12.8. The summed E-state index contributed by atoms with van der Waals surface area (Å²) in [4.78, 5) is 12.0. The summed E-state index contributed by atoms with van der Waals surface area (Å²) in [6.45, 7) is 0. The smallest absolute Gasteiger partial charge is 0.346 e. The first-order valence-corrected chi connectivity index (χ1v) is 7.67. The molecule has 1 aliphatic rings. The summed E-state index contributed by atoms with van der Waals surface area (Å²) >= 11 is 0. The number of rotatable bonds is 3. The molecule has 0 spiro atoms. The predicted octanol–water partition coefficient (Wildman–Crippen LogP) is 4.52. The number of hydrogen-bond donors (Lipinski definition) is 1. The highest BCUT2D eigenvalue weighted by atomic mass is 19.4. The Balaban J connectivity index is 1.62. The van der Waals surface area contributed by atoms with E-state index in [4.69, 9.17) is 0 Å². The van der Waals surface area contributed by atoms with Crippen molar-refractivity contribution in [2.45, 2.75) is 25.1 Å². The van der Waals surface area contributed by atoms with Gasteiger partial charge in [0, 0.05) is 6.08 Å². The van der Waals surface area contributed by atoms with Crippen molar-refractivity contribution in [2.75, 3.05) is 0 Å². The molecule has 124 valence electrons. The molecule has 1 N–H and O–H groups in total. The number of benzene rings is 2. The van der Waals surface area contributed by atoms with Crippen LogP contribution in [0.1, 0.15) is 34.7 Å². The number of carbonyl (C=O) groups is 1. The van der Waals surface area contributed by atoms with Crippen molar-refractivity contribution in [3.63, 3.8) is 0 Å². The van der Waals surface area contributed by atoms with Crippen LogP contribution >= 0.6 is 0 Å². The standard InChI is InChI=1S/C19H16F3NO/c20-19(21,22)15-9-5-13(6-10-15)7-12-18(24)23-17-11-8-14-3-1-2-4-16(14)17/h1-7,9-10,12,17H,8,11H2,(H,23,24)/b12-7+. The van der Waals surface area contributed by atoms with E-state index in [1.807, 2.05) is 18.2 Å². The van der Waals surface area contributed by atoms with E-state index in [1.165, 1.54) is 29.8 Å². The Morgan fingerprint density at radius 2 is 1.79 bits per heavy atom. The Morgan fingerprint density at radius 1 is 1.08 bits per heavy atom. The van der Waals surface area contributed by atoms with Crippen molar-refractivity contribution in [1.82, 2.24) is 5.32 Å². The predicted molar refractivity (Wildman–Crippen MR) is 86.1 cm³/mol. The highest BCUT2D eigenvalue weighted by Gasteiger charge is 2.29. The topological polar surface area (TPSA) is 29.1 Å². The van der Waals surface area contributed by atoms with E-state index in [9.17, 15) is 18.0 Å². The lowest BCUT2D eigenvalue weighted by molar-refractivity contribution is -0.137. The molecule has 24 heavy (non-hydrogen) atoms. The normalized spacial score (nSPS) is 17.0. The largest absolute Gasteiger partial charge is 0.416 e. The molecular formula is C19H16F3NO. The van der Waals surface area contributed by atoms with Gasteiger partial charge in [-0.3, -0.25) is 4.79 Å². The van der Waals surface area contributed by atoms with E-state index in [-0.39, 0.29) is 11.9 Å². The van der Waals surface area contributed by atoms with Gasteiger partial charge in [-0.25, -0.2) is 0 Å².